The van der Waals surface area contributed by atoms with Crippen molar-refractivity contribution in [3.05, 3.63) is 0 Å². The summed E-state index contributed by atoms with van der Waals surface area (Å²) < 4.78 is 5.24. The maximum atomic E-state index is 11.9. The van der Waals surface area contributed by atoms with Crippen LogP contribution in [0.4, 0.5) is 0 Å². The second kappa shape index (κ2) is 7.54. The van der Waals surface area contributed by atoms with Gasteiger partial charge in [0.15, 0.2) is 0 Å². The molecule has 2 aliphatic rings. The zero-order valence-electron chi connectivity index (χ0n) is 10.2. The van der Waals surface area contributed by atoms with Gasteiger partial charge in [0.1, 0.15) is 0 Å². The molecule has 2 aliphatic heterocycles. The summed E-state index contributed by atoms with van der Waals surface area (Å²) >= 11 is 0. The molecule has 2 fully saturated rings. The Bertz CT molecular complexity index is 239. The average molecular weight is 275 g/mol. The Kier molecular flexibility index (Phi) is 6.01. The van der Waals surface area contributed by atoms with Crippen molar-refractivity contribution in [2.24, 2.45) is 0 Å². The third-order valence-corrected chi connectivity index (χ3v) is 6.26. The van der Waals surface area contributed by atoms with Gasteiger partial charge in [-0.15, -0.1) is 0 Å². The van der Waals surface area contributed by atoms with Crippen LogP contribution in [0.3, 0.4) is 0 Å². The summed E-state index contributed by atoms with van der Waals surface area (Å²) in [6, 6.07) is 0. The highest BCUT2D eigenvalue weighted by Crippen LogP contribution is 2.39. The Morgan fingerprint density at radius 1 is 1.29 bits per heavy atom. The predicted octanol–water partition coefficient (Wildman–Crippen LogP) is 2.56. The zero-order valence-corrected chi connectivity index (χ0v) is 11.9. The van der Waals surface area contributed by atoms with E-state index in [0.29, 0.717) is 19.1 Å². The number of carbonyl (C=O) groups excluding carboxylic acids is 1. The third-order valence-electron chi connectivity index (χ3n) is 3.26. The summed E-state index contributed by atoms with van der Waals surface area (Å²) in [5, 5.41) is 0.846. The van der Waals surface area contributed by atoms with Crippen molar-refractivity contribution in [3.63, 3.8) is 0 Å². The number of ether oxygens (including phenoxy) is 1. The van der Waals surface area contributed by atoms with Crippen LogP contribution in [0.15, 0.2) is 0 Å². The van der Waals surface area contributed by atoms with Gasteiger partial charge in [-0.25, -0.2) is 0 Å². The molecule has 17 heavy (non-hydrogen) atoms. The van der Waals surface area contributed by atoms with Gasteiger partial charge in [0.25, 0.3) is 0 Å². The Balaban J connectivity index is 1.53. The van der Waals surface area contributed by atoms with Crippen LogP contribution in [0, 0.1) is 0 Å². The van der Waals surface area contributed by atoms with E-state index in [9.17, 15) is 4.79 Å². The van der Waals surface area contributed by atoms with Gasteiger partial charge in [0, 0.05) is 30.5 Å². The van der Waals surface area contributed by atoms with Gasteiger partial charge in [-0.3, -0.25) is 4.79 Å². The normalized spacial score (nSPS) is 25.2. The van der Waals surface area contributed by atoms with E-state index < -0.39 is 0 Å². The van der Waals surface area contributed by atoms with Crippen LogP contribution >= 0.6 is 21.6 Å². The maximum absolute atomic E-state index is 11.9. The van der Waals surface area contributed by atoms with Crippen molar-refractivity contribution < 1.29 is 9.53 Å². The van der Waals surface area contributed by atoms with Crippen molar-refractivity contribution >= 4 is 27.5 Å². The van der Waals surface area contributed by atoms with Crippen molar-refractivity contribution in [3.8, 4) is 0 Å². The number of rotatable bonds is 5. The van der Waals surface area contributed by atoms with Gasteiger partial charge in [-0.05, 0) is 19.3 Å². The predicted molar refractivity (Wildman–Crippen MR) is 74.3 cm³/mol. The molecule has 2 heterocycles. The van der Waals surface area contributed by atoms with Crippen molar-refractivity contribution in [1.29, 1.82) is 0 Å². The van der Waals surface area contributed by atoms with E-state index in [4.69, 9.17) is 4.74 Å². The molecule has 3 nitrogen and oxygen atoms in total. The minimum atomic E-state index is 0.321. The molecule has 0 unspecified atom stereocenters. The summed E-state index contributed by atoms with van der Waals surface area (Å²) in [5.41, 5.74) is 0. The fourth-order valence-electron chi connectivity index (χ4n) is 2.18. The molecule has 1 amide bonds. The number of nitrogens with zero attached hydrogens (tertiary/aromatic N) is 1. The molecule has 0 saturated carbocycles. The van der Waals surface area contributed by atoms with Crippen LogP contribution in [-0.2, 0) is 9.53 Å². The van der Waals surface area contributed by atoms with Gasteiger partial charge < -0.3 is 9.64 Å². The highest BCUT2D eigenvalue weighted by atomic mass is 33.1. The van der Waals surface area contributed by atoms with Crippen molar-refractivity contribution in [1.82, 2.24) is 4.90 Å². The van der Waals surface area contributed by atoms with Crippen LogP contribution in [-0.4, -0.2) is 48.1 Å². The summed E-state index contributed by atoms with van der Waals surface area (Å²) in [5.74, 6) is 1.63. The SMILES string of the molecule is O=C(CCCC[C@@H]1CCSS1)N1CCOCC1. The lowest BCUT2D eigenvalue weighted by atomic mass is 10.1. The summed E-state index contributed by atoms with van der Waals surface area (Å²) in [6.07, 6.45) is 5.62. The number of hydrogen-bond donors (Lipinski definition) is 0. The van der Waals surface area contributed by atoms with Crippen LogP contribution in [0.25, 0.3) is 0 Å². The first-order valence-electron chi connectivity index (χ1n) is 6.50. The van der Waals surface area contributed by atoms with E-state index in [1.807, 2.05) is 26.5 Å². The molecule has 0 aliphatic carbocycles. The summed E-state index contributed by atoms with van der Waals surface area (Å²) in [7, 11) is 4.03. The Labute approximate surface area is 111 Å². The second-order valence-corrected chi connectivity index (χ2v) is 7.36. The van der Waals surface area contributed by atoms with Crippen LogP contribution < -0.4 is 0 Å². The summed E-state index contributed by atoms with van der Waals surface area (Å²) in [6.45, 7) is 2.99. The lowest BCUT2D eigenvalue weighted by Gasteiger charge is -2.26. The first kappa shape index (κ1) is 13.6. The Morgan fingerprint density at radius 3 is 2.82 bits per heavy atom. The van der Waals surface area contributed by atoms with Crippen molar-refractivity contribution in [2.45, 2.75) is 37.4 Å². The standard InChI is InChI=1S/C12H21NO2S2/c14-12(13-6-8-15-9-7-13)4-2-1-3-11-5-10-16-17-11/h11H,1-10H2/t11-/m1/s1. The van der Waals surface area contributed by atoms with Crippen LogP contribution in [0.5, 0.6) is 0 Å². The van der Waals surface area contributed by atoms with E-state index in [-0.39, 0.29) is 0 Å². The Morgan fingerprint density at radius 2 is 2.12 bits per heavy atom. The molecular weight excluding hydrogens is 254 g/mol. The van der Waals surface area contributed by atoms with E-state index >= 15 is 0 Å². The molecule has 0 aromatic carbocycles. The molecule has 0 spiro atoms. The minimum absolute atomic E-state index is 0.321. The fourth-order valence-corrected chi connectivity index (χ4v) is 5.21. The molecular formula is C12H21NO2S2. The second-order valence-electron chi connectivity index (χ2n) is 4.57. The zero-order chi connectivity index (χ0) is 11.9. The number of hydrogen-bond acceptors (Lipinski definition) is 4. The monoisotopic (exact) mass is 275 g/mol. The molecule has 98 valence electrons. The topological polar surface area (TPSA) is 29.5 Å². The fraction of sp³-hybridized carbons (Fsp3) is 0.917. The van der Waals surface area contributed by atoms with Gasteiger partial charge in [-0.1, -0.05) is 28.0 Å². The number of morpholine rings is 1. The molecule has 0 aromatic heterocycles. The molecule has 0 aromatic rings. The van der Waals surface area contributed by atoms with Crippen LogP contribution in [0.1, 0.15) is 32.1 Å². The minimum Gasteiger partial charge on any atom is -0.378 e. The van der Waals surface area contributed by atoms with Gasteiger partial charge in [-0.2, -0.15) is 0 Å². The van der Waals surface area contributed by atoms with Gasteiger partial charge in [0.05, 0.1) is 13.2 Å². The van der Waals surface area contributed by atoms with E-state index in [2.05, 4.69) is 0 Å². The first-order valence-corrected chi connectivity index (χ1v) is 8.88. The first-order chi connectivity index (χ1) is 8.36. The average Bonchev–Trinajstić information content (AvgIpc) is 2.88. The van der Waals surface area contributed by atoms with E-state index in [1.165, 1.54) is 25.0 Å². The lowest BCUT2D eigenvalue weighted by molar-refractivity contribution is -0.135. The molecule has 0 radical (unpaired) electrons. The largest absolute Gasteiger partial charge is 0.378 e. The van der Waals surface area contributed by atoms with E-state index in [1.54, 1.807) is 0 Å². The molecule has 2 saturated heterocycles. The molecule has 2 rings (SSSR count). The molecule has 1 atom stereocenters. The quantitative estimate of drug-likeness (QED) is 0.570. The van der Waals surface area contributed by atoms with Gasteiger partial charge in [0.2, 0.25) is 5.91 Å². The molecule has 0 N–H and O–H groups in total. The third kappa shape index (κ3) is 4.72. The highest BCUT2D eigenvalue weighted by molar-refractivity contribution is 8.77. The smallest absolute Gasteiger partial charge is 0.222 e. The van der Waals surface area contributed by atoms with Crippen molar-refractivity contribution in [2.75, 3.05) is 32.1 Å². The molecule has 0 bridgehead atoms. The van der Waals surface area contributed by atoms with Crippen LogP contribution in [0.2, 0.25) is 0 Å². The number of unbranched alkanes of at least 4 members (excludes halogenated alkanes) is 1. The maximum Gasteiger partial charge on any atom is 0.222 e. The lowest BCUT2D eigenvalue weighted by Crippen LogP contribution is -2.40. The highest BCUT2D eigenvalue weighted by Gasteiger charge is 2.18. The summed E-state index contributed by atoms with van der Waals surface area (Å²) in [4.78, 5) is 13.8. The van der Waals surface area contributed by atoms with E-state index in [0.717, 1.165) is 31.2 Å². The molecule has 5 heteroatoms. The Hall–Kier alpha value is 0.130. The number of amides is 1. The number of carbonyl (C=O) groups is 1. The van der Waals surface area contributed by atoms with Gasteiger partial charge >= 0.3 is 0 Å².